The van der Waals surface area contributed by atoms with E-state index in [2.05, 4.69) is 24.5 Å². The molecule has 0 aliphatic rings. The summed E-state index contributed by atoms with van der Waals surface area (Å²) in [6.07, 6.45) is 2.36. The van der Waals surface area contributed by atoms with Gasteiger partial charge in [0.25, 0.3) is 0 Å². The standard InChI is InChI=1S/C16H26N2O2S/c1-11(2)7-8-12(3)17-16(20)10-14(18-13(4)19)15-6-5-9-21-15/h5-6,9,11-12,14H,7-8,10H2,1-4H3,(H,17,20)(H,18,19). The molecule has 21 heavy (non-hydrogen) atoms. The molecule has 0 saturated carbocycles. The van der Waals surface area contributed by atoms with Crippen molar-refractivity contribution in [1.29, 1.82) is 0 Å². The van der Waals surface area contributed by atoms with E-state index < -0.39 is 0 Å². The molecule has 0 aromatic carbocycles. The number of nitrogens with one attached hydrogen (secondary N) is 2. The maximum atomic E-state index is 12.1. The number of amides is 2. The predicted molar refractivity (Wildman–Crippen MR) is 87.2 cm³/mol. The average molecular weight is 310 g/mol. The summed E-state index contributed by atoms with van der Waals surface area (Å²) in [5, 5.41) is 7.81. The summed E-state index contributed by atoms with van der Waals surface area (Å²) in [7, 11) is 0. The number of carbonyl (C=O) groups excluding carboxylic acids is 2. The Morgan fingerprint density at radius 1 is 1.19 bits per heavy atom. The molecule has 1 aromatic heterocycles. The van der Waals surface area contributed by atoms with Crippen molar-refractivity contribution in [3.8, 4) is 0 Å². The van der Waals surface area contributed by atoms with Crippen LogP contribution in [-0.4, -0.2) is 17.9 Å². The first-order chi connectivity index (χ1) is 9.88. The zero-order valence-corrected chi connectivity index (χ0v) is 14.1. The average Bonchev–Trinajstić information content (AvgIpc) is 2.88. The van der Waals surface area contributed by atoms with Crippen LogP contribution in [0.25, 0.3) is 0 Å². The SMILES string of the molecule is CC(=O)NC(CC(=O)NC(C)CCC(C)C)c1cccs1. The van der Waals surface area contributed by atoms with Crippen molar-refractivity contribution in [3.63, 3.8) is 0 Å². The molecule has 1 aromatic rings. The fourth-order valence-corrected chi connectivity index (χ4v) is 2.91. The third-order valence-electron chi connectivity index (χ3n) is 3.24. The summed E-state index contributed by atoms with van der Waals surface area (Å²) in [5.41, 5.74) is 0. The highest BCUT2D eigenvalue weighted by Crippen LogP contribution is 2.22. The van der Waals surface area contributed by atoms with Gasteiger partial charge in [0.15, 0.2) is 0 Å². The van der Waals surface area contributed by atoms with Crippen molar-refractivity contribution in [3.05, 3.63) is 22.4 Å². The third kappa shape index (κ3) is 7.27. The van der Waals surface area contributed by atoms with Crippen molar-refractivity contribution in [1.82, 2.24) is 10.6 Å². The fraction of sp³-hybridized carbons (Fsp3) is 0.625. The summed E-state index contributed by atoms with van der Waals surface area (Å²) >= 11 is 1.55. The van der Waals surface area contributed by atoms with Crippen LogP contribution in [0.4, 0.5) is 0 Å². The van der Waals surface area contributed by atoms with Gasteiger partial charge in [-0.15, -0.1) is 11.3 Å². The van der Waals surface area contributed by atoms with Crippen molar-refractivity contribution in [2.75, 3.05) is 0 Å². The molecule has 0 fully saturated rings. The molecule has 2 N–H and O–H groups in total. The number of rotatable bonds is 8. The van der Waals surface area contributed by atoms with Crippen molar-refractivity contribution >= 4 is 23.2 Å². The number of hydrogen-bond donors (Lipinski definition) is 2. The Labute approximate surface area is 131 Å². The van der Waals surface area contributed by atoms with Crippen LogP contribution in [0.3, 0.4) is 0 Å². The Balaban J connectivity index is 2.50. The minimum Gasteiger partial charge on any atom is -0.354 e. The molecule has 0 saturated heterocycles. The first-order valence-corrected chi connectivity index (χ1v) is 8.36. The molecule has 5 heteroatoms. The number of hydrogen-bond acceptors (Lipinski definition) is 3. The summed E-state index contributed by atoms with van der Waals surface area (Å²) in [5.74, 6) is 0.509. The van der Waals surface area contributed by atoms with Gasteiger partial charge in [-0.25, -0.2) is 0 Å². The van der Waals surface area contributed by atoms with Crippen molar-refractivity contribution in [2.45, 2.75) is 59.0 Å². The molecule has 2 unspecified atom stereocenters. The van der Waals surface area contributed by atoms with Gasteiger partial charge < -0.3 is 10.6 Å². The highest BCUT2D eigenvalue weighted by molar-refractivity contribution is 7.10. The van der Waals surface area contributed by atoms with Gasteiger partial charge in [0.2, 0.25) is 11.8 Å². The Hall–Kier alpha value is -1.36. The van der Waals surface area contributed by atoms with Gasteiger partial charge in [-0.2, -0.15) is 0 Å². The monoisotopic (exact) mass is 310 g/mol. The lowest BCUT2D eigenvalue weighted by molar-refractivity contribution is -0.123. The second-order valence-electron chi connectivity index (χ2n) is 5.91. The minimum atomic E-state index is -0.236. The van der Waals surface area contributed by atoms with E-state index in [0.29, 0.717) is 5.92 Å². The molecule has 0 bridgehead atoms. The Kier molecular flexibility index (Phi) is 7.43. The number of thiophene rings is 1. The quantitative estimate of drug-likeness (QED) is 0.774. The molecule has 2 atom stereocenters. The van der Waals surface area contributed by atoms with Crippen LogP contribution in [-0.2, 0) is 9.59 Å². The topological polar surface area (TPSA) is 58.2 Å². The van der Waals surface area contributed by atoms with Crippen LogP contribution < -0.4 is 10.6 Å². The van der Waals surface area contributed by atoms with Gasteiger partial charge in [-0.3, -0.25) is 9.59 Å². The molecule has 2 amide bonds. The van der Waals surface area contributed by atoms with Crippen LogP contribution in [0.15, 0.2) is 17.5 Å². The molecule has 4 nitrogen and oxygen atoms in total. The van der Waals surface area contributed by atoms with Gasteiger partial charge in [-0.1, -0.05) is 19.9 Å². The Morgan fingerprint density at radius 3 is 2.43 bits per heavy atom. The summed E-state index contributed by atoms with van der Waals surface area (Å²) in [6.45, 7) is 7.86. The second-order valence-corrected chi connectivity index (χ2v) is 6.89. The van der Waals surface area contributed by atoms with Crippen LogP contribution in [0, 0.1) is 5.92 Å². The van der Waals surface area contributed by atoms with Crippen LogP contribution in [0.1, 0.15) is 57.9 Å². The molecule has 1 heterocycles. The largest absolute Gasteiger partial charge is 0.354 e. The lowest BCUT2D eigenvalue weighted by Gasteiger charge is -2.19. The highest BCUT2D eigenvalue weighted by Gasteiger charge is 2.19. The fourth-order valence-electron chi connectivity index (χ4n) is 2.13. The first kappa shape index (κ1) is 17.7. The van der Waals surface area contributed by atoms with E-state index in [1.54, 1.807) is 11.3 Å². The van der Waals surface area contributed by atoms with E-state index in [4.69, 9.17) is 0 Å². The van der Waals surface area contributed by atoms with E-state index in [1.165, 1.54) is 6.92 Å². The molecule has 118 valence electrons. The molecular formula is C16H26N2O2S. The van der Waals surface area contributed by atoms with E-state index in [1.807, 2.05) is 24.4 Å². The van der Waals surface area contributed by atoms with Gasteiger partial charge in [0.05, 0.1) is 12.5 Å². The first-order valence-electron chi connectivity index (χ1n) is 7.48. The smallest absolute Gasteiger partial charge is 0.222 e. The Bertz CT molecular complexity index is 443. The third-order valence-corrected chi connectivity index (χ3v) is 4.22. The van der Waals surface area contributed by atoms with Crippen LogP contribution in [0.2, 0.25) is 0 Å². The van der Waals surface area contributed by atoms with E-state index in [-0.39, 0.29) is 30.3 Å². The van der Waals surface area contributed by atoms with Gasteiger partial charge >= 0.3 is 0 Å². The summed E-state index contributed by atoms with van der Waals surface area (Å²) < 4.78 is 0. The minimum absolute atomic E-state index is 0.0154. The van der Waals surface area contributed by atoms with Gasteiger partial charge in [0.1, 0.15) is 0 Å². The van der Waals surface area contributed by atoms with Crippen molar-refractivity contribution < 1.29 is 9.59 Å². The molecule has 0 aliphatic carbocycles. The van der Waals surface area contributed by atoms with Gasteiger partial charge in [0, 0.05) is 17.8 Å². The molecular weight excluding hydrogens is 284 g/mol. The lowest BCUT2D eigenvalue weighted by Crippen LogP contribution is -2.36. The highest BCUT2D eigenvalue weighted by atomic mass is 32.1. The summed E-state index contributed by atoms with van der Waals surface area (Å²) in [4.78, 5) is 24.4. The predicted octanol–water partition coefficient (Wildman–Crippen LogP) is 3.26. The molecule has 0 spiro atoms. The van der Waals surface area contributed by atoms with Gasteiger partial charge in [-0.05, 0) is 37.1 Å². The van der Waals surface area contributed by atoms with Crippen molar-refractivity contribution in [2.24, 2.45) is 5.92 Å². The zero-order valence-electron chi connectivity index (χ0n) is 13.3. The maximum Gasteiger partial charge on any atom is 0.222 e. The van der Waals surface area contributed by atoms with E-state index in [9.17, 15) is 9.59 Å². The summed E-state index contributed by atoms with van der Waals surface area (Å²) in [6, 6.07) is 3.81. The van der Waals surface area contributed by atoms with E-state index in [0.717, 1.165) is 17.7 Å². The maximum absolute atomic E-state index is 12.1. The Morgan fingerprint density at radius 2 is 1.90 bits per heavy atom. The van der Waals surface area contributed by atoms with Crippen LogP contribution in [0.5, 0.6) is 0 Å². The molecule has 0 radical (unpaired) electrons. The van der Waals surface area contributed by atoms with E-state index >= 15 is 0 Å². The number of carbonyl (C=O) groups is 2. The second kappa shape index (κ2) is 8.82. The zero-order chi connectivity index (χ0) is 15.8. The van der Waals surface area contributed by atoms with Crippen LogP contribution >= 0.6 is 11.3 Å². The molecule has 0 aliphatic heterocycles. The lowest BCUT2D eigenvalue weighted by atomic mass is 10.0. The molecule has 1 rings (SSSR count). The normalized spacial score (nSPS) is 13.8.